The van der Waals surface area contributed by atoms with Crippen LogP contribution < -0.4 is 11.1 Å². The summed E-state index contributed by atoms with van der Waals surface area (Å²) in [7, 11) is 0. The van der Waals surface area contributed by atoms with Crippen molar-refractivity contribution in [3.8, 4) is 0 Å². The Morgan fingerprint density at radius 1 is 0.882 bits per heavy atom. The molecule has 1 saturated heterocycles. The molecule has 0 radical (unpaired) electrons. The van der Waals surface area contributed by atoms with Gasteiger partial charge in [-0.1, -0.05) is 19.3 Å². The van der Waals surface area contributed by atoms with Crippen LogP contribution in [0.3, 0.4) is 0 Å². The quantitative estimate of drug-likeness (QED) is 0.713. The third-order valence-corrected chi connectivity index (χ3v) is 3.14. The highest BCUT2D eigenvalue weighted by molar-refractivity contribution is 5.85. The number of halogens is 2. The molecule has 1 heterocycles. The molecule has 2 aliphatic rings. The van der Waals surface area contributed by atoms with Gasteiger partial charge in [-0.25, -0.2) is 0 Å². The summed E-state index contributed by atoms with van der Waals surface area (Å²) in [6.07, 6.45) is 10.2. The molecule has 1 saturated carbocycles. The van der Waals surface area contributed by atoms with Crippen molar-refractivity contribution < 1.29 is 0 Å². The van der Waals surface area contributed by atoms with E-state index in [-0.39, 0.29) is 30.4 Å². The summed E-state index contributed by atoms with van der Waals surface area (Å²) in [6, 6.07) is 0. The molecule has 1 aliphatic carbocycles. The first-order valence-electron chi connectivity index (χ1n) is 6.45. The summed E-state index contributed by atoms with van der Waals surface area (Å²) < 4.78 is 0. The van der Waals surface area contributed by atoms with Crippen molar-refractivity contribution in [3.63, 3.8) is 0 Å². The summed E-state index contributed by atoms with van der Waals surface area (Å²) in [6.45, 7) is 7.17. The van der Waals surface area contributed by atoms with Crippen molar-refractivity contribution in [2.75, 3.05) is 6.54 Å². The smallest absolute Gasteiger partial charge is 0.0182 e. The van der Waals surface area contributed by atoms with E-state index in [0.717, 1.165) is 0 Å². The molecule has 17 heavy (non-hydrogen) atoms. The zero-order chi connectivity index (χ0) is 11.4. The van der Waals surface area contributed by atoms with Gasteiger partial charge in [-0.2, -0.15) is 0 Å². The first-order valence-corrected chi connectivity index (χ1v) is 6.45. The highest BCUT2D eigenvalue weighted by Crippen LogP contribution is 2.34. The number of hydrogen-bond donors (Lipinski definition) is 2. The molecular formula is C13H30Cl2N2. The van der Waals surface area contributed by atoms with Gasteiger partial charge in [0, 0.05) is 11.1 Å². The fraction of sp³-hybridized carbons (Fsp3) is 1.00. The van der Waals surface area contributed by atoms with Crippen LogP contribution in [-0.2, 0) is 0 Å². The lowest BCUT2D eigenvalue weighted by Crippen LogP contribution is -2.41. The Morgan fingerprint density at radius 3 is 1.65 bits per heavy atom. The van der Waals surface area contributed by atoms with Crippen LogP contribution in [0.4, 0.5) is 0 Å². The molecule has 2 rings (SSSR count). The normalized spacial score (nSPS) is 21.9. The van der Waals surface area contributed by atoms with Gasteiger partial charge in [-0.05, 0) is 53.0 Å². The second-order valence-corrected chi connectivity index (χ2v) is 6.24. The molecule has 0 amide bonds. The maximum Gasteiger partial charge on any atom is 0.0182 e. The molecular weight excluding hydrogens is 255 g/mol. The van der Waals surface area contributed by atoms with Gasteiger partial charge in [0.2, 0.25) is 0 Å². The molecule has 1 aliphatic heterocycles. The van der Waals surface area contributed by atoms with Gasteiger partial charge in [0.15, 0.2) is 0 Å². The summed E-state index contributed by atoms with van der Waals surface area (Å²) in [4.78, 5) is 0. The lowest BCUT2D eigenvalue weighted by Gasteiger charge is -2.33. The molecule has 1 spiro atoms. The fourth-order valence-corrected chi connectivity index (χ4v) is 2.52. The molecule has 3 N–H and O–H groups in total. The summed E-state index contributed by atoms with van der Waals surface area (Å²) in [5.41, 5.74) is 5.98. The van der Waals surface area contributed by atoms with Crippen molar-refractivity contribution in [1.29, 1.82) is 0 Å². The van der Waals surface area contributed by atoms with Gasteiger partial charge in [0.25, 0.3) is 0 Å². The van der Waals surface area contributed by atoms with Crippen molar-refractivity contribution >= 4 is 24.8 Å². The highest BCUT2D eigenvalue weighted by Gasteiger charge is 2.33. The van der Waals surface area contributed by atoms with E-state index >= 15 is 0 Å². The van der Waals surface area contributed by atoms with Gasteiger partial charge in [0.1, 0.15) is 0 Å². The molecule has 0 aromatic rings. The third kappa shape index (κ3) is 9.12. The number of nitrogens with two attached hydrogens (primary N) is 1. The van der Waals surface area contributed by atoms with E-state index in [1.165, 1.54) is 51.5 Å². The first kappa shape index (κ1) is 19.8. The minimum atomic E-state index is 0. The maximum atomic E-state index is 5.35. The second-order valence-electron chi connectivity index (χ2n) is 6.24. The predicted octanol–water partition coefficient (Wildman–Crippen LogP) is 3.66. The lowest BCUT2D eigenvalue weighted by molar-refractivity contribution is 0.264. The van der Waals surface area contributed by atoms with Crippen molar-refractivity contribution in [1.82, 2.24) is 5.32 Å². The van der Waals surface area contributed by atoms with Crippen LogP contribution in [0.1, 0.15) is 65.7 Å². The topological polar surface area (TPSA) is 38.0 Å². The average Bonchev–Trinajstić information content (AvgIpc) is 2.52. The van der Waals surface area contributed by atoms with Crippen molar-refractivity contribution in [2.45, 2.75) is 76.8 Å². The van der Waals surface area contributed by atoms with E-state index in [2.05, 4.69) is 5.32 Å². The van der Waals surface area contributed by atoms with Gasteiger partial charge >= 0.3 is 0 Å². The summed E-state index contributed by atoms with van der Waals surface area (Å²) >= 11 is 0. The van der Waals surface area contributed by atoms with E-state index < -0.39 is 0 Å². The van der Waals surface area contributed by atoms with Crippen LogP contribution in [-0.4, -0.2) is 17.6 Å². The van der Waals surface area contributed by atoms with Gasteiger partial charge in [-0.3, -0.25) is 0 Å². The van der Waals surface area contributed by atoms with Crippen LogP contribution in [0.5, 0.6) is 0 Å². The number of hydrogen-bond acceptors (Lipinski definition) is 2. The minimum Gasteiger partial charge on any atom is -0.326 e. The molecule has 0 aromatic heterocycles. The van der Waals surface area contributed by atoms with Crippen molar-refractivity contribution in [3.05, 3.63) is 0 Å². The predicted molar refractivity (Wildman–Crippen MR) is 81.5 cm³/mol. The molecule has 2 fully saturated rings. The number of rotatable bonds is 0. The van der Waals surface area contributed by atoms with E-state index in [0.29, 0.717) is 5.54 Å². The second kappa shape index (κ2) is 8.58. The Hall–Kier alpha value is 0.500. The molecule has 0 atom stereocenters. The lowest BCUT2D eigenvalue weighted by atomic mass is 9.81. The Balaban J connectivity index is 0. The van der Waals surface area contributed by atoms with Crippen LogP contribution in [0.25, 0.3) is 0 Å². The maximum absolute atomic E-state index is 5.35. The van der Waals surface area contributed by atoms with Gasteiger partial charge in [0.05, 0.1) is 0 Å². The SMILES string of the molecule is C1CCC2(CC1)CCCN2.CC(C)(C)N.Cl.Cl. The van der Waals surface area contributed by atoms with E-state index in [9.17, 15) is 0 Å². The molecule has 0 bridgehead atoms. The third-order valence-electron chi connectivity index (χ3n) is 3.14. The van der Waals surface area contributed by atoms with Crippen LogP contribution in [0.2, 0.25) is 0 Å². The van der Waals surface area contributed by atoms with Gasteiger partial charge < -0.3 is 11.1 Å². The van der Waals surface area contributed by atoms with Crippen LogP contribution >= 0.6 is 24.8 Å². The Bertz CT molecular complexity index is 170. The molecule has 0 unspecified atom stereocenters. The highest BCUT2D eigenvalue weighted by atomic mass is 35.5. The zero-order valence-electron chi connectivity index (χ0n) is 11.6. The molecule has 4 heteroatoms. The van der Waals surface area contributed by atoms with Crippen molar-refractivity contribution in [2.24, 2.45) is 5.73 Å². The summed E-state index contributed by atoms with van der Waals surface area (Å²) in [5.74, 6) is 0. The largest absolute Gasteiger partial charge is 0.326 e. The standard InChI is InChI=1S/C9H17N.C4H11N.2ClH/c1-2-5-9(6-3-1)7-4-8-10-9;1-4(2,3)5;;/h10H,1-8H2;5H2,1-3H3;2*1H. The Kier molecular flexibility index (Phi) is 10.0. The fourth-order valence-electron chi connectivity index (χ4n) is 2.52. The molecule has 2 nitrogen and oxygen atoms in total. The minimum absolute atomic E-state index is 0. The van der Waals surface area contributed by atoms with E-state index in [4.69, 9.17) is 5.73 Å². The Morgan fingerprint density at radius 2 is 1.29 bits per heavy atom. The van der Waals surface area contributed by atoms with E-state index in [1.807, 2.05) is 20.8 Å². The number of nitrogens with one attached hydrogen (secondary N) is 1. The summed E-state index contributed by atoms with van der Waals surface area (Å²) in [5, 5.41) is 3.67. The monoisotopic (exact) mass is 284 g/mol. The van der Waals surface area contributed by atoms with Gasteiger partial charge in [-0.15, -0.1) is 24.8 Å². The Labute approximate surface area is 119 Å². The molecule has 106 valence electrons. The molecule has 0 aromatic carbocycles. The first-order chi connectivity index (χ1) is 6.91. The van der Waals surface area contributed by atoms with Crippen LogP contribution in [0, 0.1) is 0 Å². The van der Waals surface area contributed by atoms with E-state index in [1.54, 1.807) is 0 Å². The average molecular weight is 285 g/mol. The zero-order valence-corrected chi connectivity index (χ0v) is 13.2. The van der Waals surface area contributed by atoms with Crippen LogP contribution in [0.15, 0.2) is 0 Å².